The third-order valence-corrected chi connectivity index (χ3v) is 4.31. The molecule has 1 amide bonds. The second-order valence-electron chi connectivity index (χ2n) is 5.66. The summed E-state index contributed by atoms with van der Waals surface area (Å²) in [6.07, 6.45) is 4.07. The summed E-state index contributed by atoms with van der Waals surface area (Å²) in [6, 6.07) is 9.56. The molecule has 1 unspecified atom stereocenters. The predicted octanol–water partition coefficient (Wildman–Crippen LogP) is 2.01. The van der Waals surface area contributed by atoms with Crippen molar-refractivity contribution < 1.29 is 9.53 Å². The molecular formula is C16H24N2O2. The van der Waals surface area contributed by atoms with Gasteiger partial charge in [0.05, 0.1) is 0 Å². The molecule has 0 aliphatic heterocycles. The molecule has 1 saturated carbocycles. The fraction of sp³-hybridized carbons (Fsp3) is 0.562. The molecule has 0 spiro atoms. The van der Waals surface area contributed by atoms with Crippen molar-refractivity contribution in [3.63, 3.8) is 0 Å². The molecule has 110 valence electrons. The SMILES string of the molecule is COC(C(=O)NCC1(CN)CCCC1)c1ccccc1. The van der Waals surface area contributed by atoms with Crippen LogP contribution in [0.3, 0.4) is 0 Å². The van der Waals surface area contributed by atoms with Gasteiger partial charge in [-0.2, -0.15) is 0 Å². The number of carbonyl (C=O) groups is 1. The van der Waals surface area contributed by atoms with E-state index in [1.807, 2.05) is 30.3 Å². The number of benzene rings is 1. The van der Waals surface area contributed by atoms with Gasteiger partial charge in [-0.1, -0.05) is 43.2 Å². The zero-order chi connectivity index (χ0) is 14.4. The van der Waals surface area contributed by atoms with E-state index < -0.39 is 6.10 Å². The molecular weight excluding hydrogens is 252 g/mol. The number of amides is 1. The van der Waals surface area contributed by atoms with Crippen LogP contribution in [0.1, 0.15) is 37.4 Å². The number of nitrogens with two attached hydrogens (primary N) is 1. The van der Waals surface area contributed by atoms with Gasteiger partial charge < -0.3 is 15.8 Å². The molecule has 1 fully saturated rings. The minimum atomic E-state index is -0.549. The maximum Gasteiger partial charge on any atom is 0.253 e. The first-order valence-electron chi connectivity index (χ1n) is 7.26. The third-order valence-electron chi connectivity index (χ3n) is 4.31. The van der Waals surface area contributed by atoms with E-state index in [0.29, 0.717) is 13.1 Å². The van der Waals surface area contributed by atoms with Crippen LogP contribution in [0.25, 0.3) is 0 Å². The molecule has 20 heavy (non-hydrogen) atoms. The second kappa shape index (κ2) is 6.86. The van der Waals surface area contributed by atoms with E-state index in [1.54, 1.807) is 7.11 Å². The van der Waals surface area contributed by atoms with Gasteiger partial charge in [0.2, 0.25) is 0 Å². The predicted molar refractivity (Wildman–Crippen MR) is 79.2 cm³/mol. The van der Waals surface area contributed by atoms with Crippen molar-refractivity contribution in [2.45, 2.75) is 31.8 Å². The minimum absolute atomic E-state index is 0.0848. The Kier molecular flexibility index (Phi) is 5.15. The number of nitrogens with one attached hydrogen (secondary N) is 1. The van der Waals surface area contributed by atoms with Gasteiger partial charge in [0.15, 0.2) is 6.10 Å². The lowest BCUT2D eigenvalue weighted by atomic mass is 9.86. The number of methoxy groups -OCH3 is 1. The summed E-state index contributed by atoms with van der Waals surface area (Å²) in [5.74, 6) is -0.0848. The van der Waals surface area contributed by atoms with E-state index in [2.05, 4.69) is 5.32 Å². The largest absolute Gasteiger partial charge is 0.367 e. The van der Waals surface area contributed by atoms with Gasteiger partial charge in [-0.05, 0) is 30.4 Å². The number of hydrogen-bond donors (Lipinski definition) is 2. The molecule has 0 radical (unpaired) electrons. The summed E-state index contributed by atoms with van der Waals surface area (Å²) in [7, 11) is 1.56. The van der Waals surface area contributed by atoms with Crippen molar-refractivity contribution >= 4 is 5.91 Å². The highest BCUT2D eigenvalue weighted by atomic mass is 16.5. The first-order valence-corrected chi connectivity index (χ1v) is 7.26. The Hall–Kier alpha value is -1.39. The lowest BCUT2D eigenvalue weighted by Crippen LogP contribution is -2.42. The molecule has 1 aromatic rings. The third kappa shape index (κ3) is 3.38. The number of carbonyl (C=O) groups excluding carboxylic acids is 1. The zero-order valence-corrected chi connectivity index (χ0v) is 12.1. The Balaban J connectivity index is 1.96. The van der Waals surface area contributed by atoms with Crippen LogP contribution in [0.2, 0.25) is 0 Å². The van der Waals surface area contributed by atoms with Crippen molar-refractivity contribution in [3.8, 4) is 0 Å². The van der Waals surface area contributed by atoms with Gasteiger partial charge in [-0.15, -0.1) is 0 Å². The average Bonchev–Trinajstić information content (AvgIpc) is 2.97. The fourth-order valence-corrected chi connectivity index (χ4v) is 2.97. The number of rotatable bonds is 6. The molecule has 0 bridgehead atoms. The van der Waals surface area contributed by atoms with Crippen molar-refractivity contribution in [1.82, 2.24) is 5.32 Å². The minimum Gasteiger partial charge on any atom is -0.367 e. The van der Waals surface area contributed by atoms with E-state index >= 15 is 0 Å². The molecule has 1 aliphatic rings. The molecule has 1 atom stereocenters. The van der Waals surface area contributed by atoms with Gasteiger partial charge in [0.1, 0.15) is 0 Å². The topological polar surface area (TPSA) is 64.3 Å². The van der Waals surface area contributed by atoms with Gasteiger partial charge in [-0.3, -0.25) is 4.79 Å². The first-order chi connectivity index (χ1) is 9.71. The smallest absolute Gasteiger partial charge is 0.253 e. The Morgan fingerprint density at radius 3 is 2.55 bits per heavy atom. The van der Waals surface area contributed by atoms with Crippen LogP contribution in [0.5, 0.6) is 0 Å². The summed E-state index contributed by atoms with van der Waals surface area (Å²) in [5, 5.41) is 3.02. The Morgan fingerprint density at radius 1 is 1.35 bits per heavy atom. The summed E-state index contributed by atoms with van der Waals surface area (Å²) < 4.78 is 5.34. The molecule has 0 heterocycles. The van der Waals surface area contributed by atoms with Crippen molar-refractivity contribution in [3.05, 3.63) is 35.9 Å². The van der Waals surface area contributed by atoms with Gasteiger partial charge in [0, 0.05) is 13.7 Å². The highest BCUT2D eigenvalue weighted by Crippen LogP contribution is 2.36. The molecule has 4 heteroatoms. The first kappa shape index (κ1) is 15.0. The quantitative estimate of drug-likeness (QED) is 0.835. The fourth-order valence-electron chi connectivity index (χ4n) is 2.97. The van der Waals surface area contributed by atoms with Gasteiger partial charge >= 0.3 is 0 Å². The van der Waals surface area contributed by atoms with E-state index in [4.69, 9.17) is 10.5 Å². The highest BCUT2D eigenvalue weighted by Gasteiger charge is 2.33. The monoisotopic (exact) mass is 276 g/mol. The van der Waals surface area contributed by atoms with Crippen LogP contribution in [0, 0.1) is 5.41 Å². The zero-order valence-electron chi connectivity index (χ0n) is 12.1. The normalized spacial score (nSPS) is 18.7. The van der Waals surface area contributed by atoms with Crippen LogP contribution >= 0.6 is 0 Å². The highest BCUT2D eigenvalue weighted by molar-refractivity contribution is 5.82. The Bertz CT molecular complexity index is 427. The van der Waals surface area contributed by atoms with E-state index in [9.17, 15) is 4.79 Å². The summed E-state index contributed by atoms with van der Waals surface area (Å²) in [4.78, 5) is 12.3. The lowest BCUT2D eigenvalue weighted by molar-refractivity contribution is -0.131. The van der Waals surface area contributed by atoms with Gasteiger partial charge in [-0.25, -0.2) is 0 Å². The summed E-state index contributed by atoms with van der Waals surface area (Å²) in [5.41, 5.74) is 6.86. The van der Waals surface area contributed by atoms with Gasteiger partial charge in [0.25, 0.3) is 5.91 Å². The van der Waals surface area contributed by atoms with Crippen LogP contribution in [-0.2, 0) is 9.53 Å². The molecule has 2 rings (SSSR count). The van der Waals surface area contributed by atoms with Crippen molar-refractivity contribution in [2.75, 3.05) is 20.2 Å². The van der Waals surface area contributed by atoms with E-state index in [-0.39, 0.29) is 11.3 Å². The molecule has 0 saturated heterocycles. The molecule has 4 nitrogen and oxygen atoms in total. The lowest BCUT2D eigenvalue weighted by Gasteiger charge is -2.28. The number of hydrogen-bond acceptors (Lipinski definition) is 3. The van der Waals surface area contributed by atoms with Crippen LogP contribution in [0.15, 0.2) is 30.3 Å². The molecule has 1 aromatic carbocycles. The molecule has 0 aromatic heterocycles. The van der Waals surface area contributed by atoms with Crippen molar-refractivity contribution in [2.24, 2.45) is 11.1 Å². The van der Waals surface area contributed by atoms with E-state index in [0.717, 1.165) is 18.4 Å². The van der Waals surface area contributed by atoms with Crippen LogP contribution in [-0.4, -0.2) is 26.1 Å². The summed E-state index contributed by atoms with van der Waals surface area (Å²) in [6.45, 7) is 1.28. The second-order valence-corrected chi connectivity index (χ2v) is 5.66. The van der Waals surface area contributed by atoms with E-state index in [1.165, 1.54) is 12.8 Å². The number of ether oxygens (including phenoxy) is 1. The Labute approximate surface area is 120 Å². The molecule has 1 aliphatic carbocycles. The molecule has 3 N–H and O–H groups in total. The maximum atomic E-state index is 12.3. The summed E-state index contributed by atoms with van der Waals surface area (Å²) >= 11 is 0. The maximum absolute atomic E-state index is 12.3. The van der Waals surface area contributed by atoms with Crippen LogP contribution in [0.4, 0.5) is 0 Å². The average molecular weight is 276 g/mol. The van der Waals surface area contributed by atoms with Crippen LogP contribution < -0.4 is 11.1 Å². The standard InChI is InChI=1S/C16H24N2O2/c1-20-14(13-7-3-2-4-8-13)15(19)18-12-16(11-17)9-5-6-10-16/h2-4,7-8,14H,5-6,9-12,17H2,1H3,(H,18,19). The Morgan fingerprint density at radius 2 is 2.00 bits per heavy atom. The van der Waals surface area contributed by atoms with Crippen molar-refractivity contribution in [1.29, 1.82) is 0 Å².